The van der Waals surface area contributed by atoms with Crippen LogP contribution < -0.4 is 0 Å². The van der Waals surface area contributed by atoms with Crippen LogP contribution in [-0.2, 0) is 80.2 Å². The summed E-state index contributed by atoms with van der Waals surface area (Å²) in [6, 6.07) is 64.3. The number of esters is 4. The fraction of sp³-hybridized carbons (Fsp3) is 0.333. The Morgan fingerprint density at radius 2 is 0.782 bits per heavy atom. The number of hydrogen-bond acceptors (Lipinski definition) is 14. The molecule has 0 N–H and O–H groups in total. The van der Waals surface area contributed by atoms with E-state index in [0.717, 1.165) is 0 Å². The van der Waals surface area contributed by atoms with E-state index in [1.54, 1.807) is 0 Å². The smallest absolute Gasteiger partial charge is 0.460 e. The number of halogens is 9. The Hall–Kier alpha value is -6.91. The number of fused-ring (bicyclic) bond motifs is 2. The molecule has 0 amide bonds. The molecule has 11 unspecified atom stereocenters. The molecule has 6 aliphatic rings. The SMILES string of the molecule is O=C(CC(C(=O)OC1C2CC3C(=O)OC1C3C2)S(=O)(=O)[O-])OC1C2CC3C(=O)OC1C3C2.O=S(=O)([O-])C(F)(F)C(F)(F)C(F)(F)C(F)(F)F.c1ccc([S+](c2ccccc2)c2ccccc2)cc1.c1ccc([S+](c2ccccc2)c2ccccc2)cc1. The van der Waals surface area contributed by atoms with Crippen molar-refractivity contribution in [3.8, 4) is 0 Å². The molecular weight excluding hydrogens is 1240 g/mol. The first-order valence-corrected chi connectivity index (χ1v) is 32.0. The maximum Gasteiger partial charge on any atom is 0.460 e. The lowest BCUT2D eigenvalue weighted by molar-refractivity contribution is -0.382. The second-order valence-corrected chi connectivity index (χ2v) is 28.0. The van der Waals surface area contributed by atoms with Crippen molar-refractivity contribution in [2.75, 3.05) is 0 Å². The van der Waals surface area contributed by atoms with Gasteiger partial charge < -0.3 is 28.1 Å². The van der Waals surface area contributed by atoms with E-state index in [-0.39, 0.29) is 69.2 Å². The third kappa shape index (κ3) is 13.4. The summed E-state index contributed by atoms with van der Waals surface area (Å²) in [4.78, 5) is 57.0. The van der Waals surface area contributed by atoms with Crippen LogP contribution in [0.25, 0.3) is 0 Å². The van der Waals surface area contributed by atoms with Crippen LogP contribution in [-0.4, -0.2) is 103 Å². The molecule has 4 bridgehead atoms. The summed E-state index contributed by atoms with van der Waals surface area (Å²) in [6.07, 6.45) is -8.57. The number of hydrogen-bond donors (Lipinski definition) is 0. The van der Waals surface area contributed by atoms with Gasteiger partial charge in [0.15, 0.2) is 44.7 Å². The van der Waals surface area contributed by atoms with Crippen LogP contribution in [0, 0.1) is 35.5 Å². The summed E-state index contributed by atoms with van der Waals surface area (Å²) >= 11 is 0. The van der Waals surface area contributed by atoms with E-state index < -0.39 is 91.5 Å². The van der Waals surface area contributed by atoms with E-state index in [1.807, 2.05) is 0 Å². The van der Waals surface area contributed by atoms with E-state index in [2.05, 4.69) is 182 Å². The molecule has 462 valence electrons. The third-order valence-corrected chi connectivity index (χ3v) is 22.0. The van der Waals surface area contributed by atoms with Gasteiger partial charge in [-0.2, -0.15) is 39.5 Å². The first-order chi connectivity index (χ1) is 41.0. The lowest BCUT2D eigenvalue weighted by atomic mass is 9.88. The lowest BCUT2D eigenvalue weighted by Crippen LogP contribution is -2.63. The first-order valence-electron chi connectivity index (χ1n) is 26.7. The molecule has 4 saturated carbocycles. The second-order valence-electron chi connectivity index (χ2n) is 21.0. The fourth-order valence-corrected chi connectivity index (χ4v) is 16.9. The Morgan fingerprint density at radius 3 is 1.06 bits per heavy atom. The van der Waals surface area contributed by atoms with Crippen molar-refractivity contribution in [2.45, 2.75) is 114 Å². The number of ether oxygens (including phenoxy) is 4. The van der Waals surface area contributed by atoms with Crippen LogP contribution >= 0.6 is 0 Å². The molecule has 2 aliphatic heterocycles. The Bertz CT molecular complexity index is 3320. The van der Waals surface area contributed by atoms with Gasteiger partial charge in [0.2, 0.25) is 0 Å². The minimum atomic E-state index is -7.43. The third-order valence-electron chi connectivity index (χ3n) is 15.6. The summed E-state index contributed by atoms with van der Waals surface area (Å²) in [6.45, 7) is 0. The van der Waals surface area contributed by atoms with E-state index >= 15 is 0 Å². The number of carbonyl (C=O) groups is 4. The number of alkyl halides is 9. The molecule has 14 nitrogen and oxygen atoms in total. The molecule has 2 heterocycles. The topological polar surface area (TPSA) is 220 Å². The van der Waals surface area contributed by atoms with Gasteiger partial charge >= 0.3 is 47.2 Å². The van der Waals surface area contributed by atoms with Crippen LogP contribution in [0.5, 0.6) is 0 Å². The summed E-state index contributed by atoms with van der Waals surface area (Å²) in [5, 5.41) is -9.38. The van der Waals surface area contributed by atoms with Gasteiger partial charge in [-0.3, -0.25) is 19.2 Å². The van der Waals surface area contributed by atoms with Gasteiger partial charge in [-0.1, -0.05) is 109 Å². The van der Waals surface area contributed by atoms with Gasteiger partial charge in [0, 0.05) is 23.7 Å². The lowest BCUT2D eigenvalue weighted by Gasteiger charge is -2.34. The summed E-state index contributed by atoms with van der Waals surface area (Å²) in [5.41, 5.74) is 0. The summed E-state index contributed by atoms with van der Waals surface area (Å²) in [7, 11) is -12.7. The zero-order chi connectivity index (χ0) is 62.9. The van der Waals surface area contributed by atoms with Crippen LogP contribution in [0.1, 0.15) is 32.1 Å². The summed E-state index contributed by atoms with van der Waals surface area (Å²) < 4.78 is 192. The number of rotatable bonds is 15. The van der Waals surface area contributed by atoms with Gasteiger partial charge in [-0.25, -0.2) is 16.8 Å². The van der Waals surface area contributed by atoms with E-state index in [4.69, 9.17) is 18.9 Å². The van der Waals surface area contributed by atoms with Crippen LogP contribution in [0.3, 0.4) is 0 Å². The molecule has 6 aromatic rings. The average Bonchev–Trinajstić information content (AvgIpc) is 1.85. The fourth-order valence-electron chi connectivity index (χ4n) is 11.7. The van der Waals surface area contributed by atoms with Crippen molar-refractivity contribution in [3.05, 3.63) is 182 Å². The first kappa shape index (κ1) is 64.6. The van der Waals surface area contributed by atoms with Gasteiger partial charge in [0.25, 0.3) is 0 Å². The molecular formula is C60H51F9O14S4. The van der Waals surface area contributed by atoms with Gasteiger partial charge in [0.05, 0.1) is 40.0 Å². The molecule has 6 fully saturated rings. The number of carbonyl (C=O) groups excluding carboxylic acids is 4. The van der Waals surface area contributed by atoms with Crippen LogP contribution in [0.2, 0.25) is 0 Å². The minimum absolute atomic E-state index is 0.0146. The molecule has 6 aromatic carbocycles. The quantitative estimate of drug-likeness (QED) is 0.0307. The normalized spacial score (nSPS) is 24.6. The Kier molecular flexibility index (Phi) is 19.0. The molecule has 87 heavy (non-hydrogen) atoms. The van der Waals surface area contributed by atoms with Gasteiger partial charge in [-0.15, -0.1) is 0 Å². The van der Waals surface area contributed by atoms with Gasteiger partial charge in [-0.05, 0) is 98.5 Å². The Labute approximate surface area is 498 Å². The highest BCUT2D eigenvalue weighted by molar-refractivity contribution is 7.97. The van der Waals surface area contributed by atoms with Gasteiger partial charge in [0.1, 0.15) is 34.5 Å². The average molecular weight is 1300 g/mol. The van der Waals surface area contributed by atoms with E-state index in [9.17, 15) is 84.6 Å². The zero-order valence-electron chi connectivity index (χ0n) is 45.0. The van der Waals surface area contributed by atoms with Crippen molar-refractivity contribution >= 4 is 65.9 Å². The molecule has 2 saturated heterocycles. The van der Waals surface area contributed by atoms with E-state index in [1.165, 1.54) is 29.4 Å². The van der Waals surface area contributed by atoms with Crippen molar-refractivity contribution in [3.63, 3.8) is 0 Å². The van der Waals surface area contributed by atoms with Crippen molar-refractivity contribution < 1.29 is 104 Å². The zero-order valence-corrected chi connectivity index (χ0v) is 48.2. The monoisotopic (exact) mass is 1290 g/mol. The largest absolute Gasteiger partial charge is 0.747 e. The highest BCUT2D eigenvalue weighted by Crippen LogP contribution is 2.57. The Balaban J connectivity index is 0.000000144. The predicted octanol–water partition coefficient (Wildman–Crippen LogP) is 10.8. The van der Waals surface area contributed by atoms with Crippen molar-refractivity contribution in [2.24, 2.45) is 35.5 Å². The predicted molar refractivity (Wildman–Crippen MR) is 291 cm³/mol. The highest BCUT2D eigenvalue weighted by atomic mass is 32.2. The molecule has 12 rings (SSSR count). The molecule has 0 radical (unpaired) electrons. The highest BCUT2D eigenvalue weighted by Gasteiger charge is 2.84. The molecule has 0 spiro atoms. The number of benzene rings is 6. The van der Waals surface area contributed by atoms with E-state index in [0.29, 0.717) is 25.7 Å². The molecule has 11 atom stereocenters. The Morgan fingerprint density at radius 1 is 0.483 bits per heavy atom. The summed E-state index contributed by atoms with van der Waals surface area (Å²) in [5.74, 6) is -18.6. The van der Waals surface area contributed by atoms with Crippen LogP contribution in [0.15, 0.2) is 211 Å². The molecule has 27 heteroatoms. The standard InChI is InChI=1S/C20H22O11S.2C18H15S.C4HF9O3S/c21-13(28-14-6-1-8-10(3-6)18(22)30-16(8)14)5-12(32(25,26)27)20(24)29-15-7-2-9-11(4-7)19(23)31-17(9)15;2*1-4-10-16(11-5-1)19(17-12-6-2-7-13-17)18-14-8-3-9-15-18;5-1(6,3(9,10)11)2(7,8)4(12,13)17(14,15)16/h6-12,14-17H,1-5H2,(H,25,26,27);2*1-15H;(H,14,15,16)/q;2*+1;/p-2. The molecule has 0 aromatic heterocycles. The maximum atomic E-state index is 12.6. The van der Waals surface area contributed by atoms with Crippen molar-refractivity contribution in [1.82, 2.24) is 0 Å². The second kappa shape index (κ2) is 25.7. The van der Waals surface area contributed by atoms with Crippen molar-refractivity contribution in [1.29, 1.82) is 0 Å². The minimum Gasteiger partial charge on any atom is -0.747 e. The molecule has 4 aliphatic carbocycles. The van der Waals surface area contributed by atoms with Crippen LogP contribution in [0.4, 0.5) is 39.5 Å². The maximum absolute atomic E-state index is 12.6.